The number of aromatic nitrogens is 3. The first-order valence-corrected chi connectivity index (χ1v) is 12.9. The number of hydrogen-bond acceptors (Lipinski definition) is 6. The summed E-state index contributed by atoms with van der Waals surface area (Å²) in [6.45, 7) is 2.94. The van der Waals surface area contributed by atoms with Crippen LogP contribution in [0.4, 0.5) is 4.39 Å². The predicted molar refractivity (Wildman–Crippen MR) is 145 cm³/mol. The first-order chi connectivity index (χ1) is 18.1. The fraction of sp³-hybridized carbons (Fsp3) is 0.407. The Morgan fingerprint density at radius 1 is 1.26 bits per heavy atom. The summed E-state index contributed by atoms with van der Waals surface area (Å²) in [7, 11) is 1.56. The molecule has 2 aromatic heterocycles. The molecule has 5 rings (SSSR count). The van der Waals surface area contributed by atoms with Gasteiger partial charge in [0.05, 0.1) is 17.5 Å². The quantitative estimate of drug-likeness (QED) is 0.466. The lowest BCUT2D eigenvalue weighted by molar-refractivity contribution is -0.141. The predicted octanol–water partition coefficient (Wildman–Crippen LogP) is 3.13. The standard InChI is InChI=1S/C27H30ClFN6O3/c1-26(5-6-26)25(37)33-9-7-27(38,8-10-33)15-34-16-32-23-20(24(34)36)12-22(28)35(23)18-3-4-21(29)19(11-18)17(13-30)14-31-2/h3-4,11-14,16,38H,5-10,15,30H2,1-2H3. The first kappa shape index (κ1) is 26.1. The summed E-state index contributed by atoms with van der Waals surface area (Å²) >= 11 is 6.53. The van der Waals surface area contributed by atoms with Crippen molar-refractivity contribution in [2.24, 2.45) is 16.1 Å². The molecule has 1 aliphatic heterocycles. The van der Waals surface area contributed by atoms with E-state index in [9.17, 15) is 19.1 Å². The summed E-state index contributed by atoms with van der Waals surface area (Å²) in [5, 5.41) is 11.7. The van der Waals surface area contributed by atoms with Crippen LogP contribution in [0.15, 0.2) is 46.6 Å². The topological polar surface area (TPSA) is 119 Å². The van der Waals surface area contributed by atoms with Crippen LogP contribution in [-0.4, -0.2) is 62.0 Å². The minimum absolute atomic E-state index is 0.0541. The van der Waals surface area contributed by atoms with Crippen LogP contribution >= 0.6 is 11.6 Å². The molecule has 1 amide bonds. The number of fused-ring (bicyclic) bond motifs is 1. The second-order valence-electron chi connectivity index (χ2n) is 10.5. The number of benzene rings is 1. The molecule has 1 saturated carbocycles. The molecule has 3 N–H and O–H groups in total. The van der Waals surface area contributed by atoms with E-state index in [2.05, 4.69) is 9.98 Å². The summed E-state index contributed by atoms with van der Waals surface area (Å²) in [5.41, 5.74) is 5.36. The van der Waals surface area contributed by atoms with Gasteiger partial charge in [-0.05, 0) is 49.9 Å². The Bertz CT molecular complexity index is 1530. The highest BCUT2D eigenvalue weighted by atomic mass is 35.5. The van der Waals surface area contributed by atoms with Crippen molar-refractivity contribution in [3.05, 3.63) is 63.7 Å². The van der Waals surface area contributed by atoms with E-state index in [1.165, 1.54) is 41.5 Å². The van der Waals surface area contributed by atoms with Gasteiger partial charge in [0.1, 0.15) is 17.3 Å². The monoisotopic (exact) mass is 540 g/mol. The number of amides is 1. The molecule has 0 atom stereocenters. The van der Waals surface area contributed by atoms with Crippen molar-refractivity contribution in [1.29, 1.82) is 0 Å². The van der Waals surface area contributed by atoms with Crippen LogP contribution in [0.1, 0.15) is 38.2 Å². The summed E-state index contributed by atoms with van der Waals surface area (Å²) < 4.78 is 17.5. The summed E-state index contributed by atoms with van der Waals surface area (Å²) in [6, 6.07) is 5.90. The van der Waals surface area contributed by atoms with Crippen LogP contribution in [0.25, 0.3) is 22.3 Å². The maximum Gasteiger partial charge on any atom is 0.262 e. The summed E-state index contributed by atoms with van der Waals surface area (Å²) in [5.74, 6) is -0.337. The van der Waals surface area contributed by atoms with E-state index in [4.69, 9.17) is 17.3 Å². The van der Waals surface area contributed by atoms with Crippen LogP contribution in [0, 0.1) is 11.2 Å². The molecule has 9 nitrogen and oxygen atoms in total. The lowest BCUT2D eigenvalue weighted by atomic mass is 9.90. The highest BCUT2D eigenvalue weighted by Gasteiger charge is 2.48. The van der Waals surface area contributed by atoms with E-state index in [-0.39, 0.29) is 39.5 Å². The van der Waals surface area contributed by atoms with Crippen molar-refractivity contribution >= 4 is 40.3 Å². The van der Waals surface area contributed by atoms with Crippen molar-refractivity contribution in [2.45, 2.75) is 44.8 Å². The number of carbonyl (C=O) groups excluding carboxylic acids is 1. The van der Waals surface area contributed by atoms with E-state index >= 15 is 0 Å². The lowest BCUT2D eigenvalue weighted by Crippen LogP contribution is -2.51. The van der Waals surface area contributed by atoms with Gasteiger partial charge in [0.2, 0.25) is 5.91 Å². The Morgan fingerprint density at radius 2 is 1.97 bits per heavy atom. The molecular weight excluding hydrogens is 511 g/mol. The van der Waals surface area contributed by atoms with Crippen molar-refractivity contribution in [2.75, 3.05) is 20.1 Å². The van der Waals surface area contributed by atoms with Crippen molar-refractivity contribution < 1.29 is 14.3 Å². The normalized spacial score (nSPS) is 18.9. The van der Waals surface area contributed by atoms with Gasteiger partial charge < -0.3 is 15.7 Å². The van der Waals surface area contributed by atoms with Crippen LogP contribution in [0.5, 0.6) is 0 Å². The van der Waals surface area contributed by atoms with E-state index in [0.717, 1.165) is 12.8 Å². The molecule has 0 unspecified atom stereocenters. The Hall–Kier alpha value is -3.50. The van der Waals surface area contributed by atoms with Crippen molar-refractivity contribution in [3.8, 4) is 5.69 Å². The molecule has 2 aliphatic rings. The number of rotatable bonds is 6. The number of nitrogens with two attached hydrogens (primary N) is 1. The maximum absolute atomic E-state index is 14.6. The van der Waals surface area contributed by atoms with Crippen LogP contribution < -0.4 is 11.3 Å². The number of allylic oxidation sites excluding steroid dienone is 1. The number of aliphatic imine (C=N–C) groups is 1. The van der Waals surface area contributed by atoms with Gasteiger partial charge in [-0.3, -0.25) is 23.7 Å². The van der Waals surface area contributed by atoms with Crippen LogP contribution in [0.3, 0.4) is 0 Å². The number of hydrogen-bond donors (Lipinski definition) is 2. The Kier molecular flexibility index (Phi) is 6.65. The lowest BCUT2D eigenvalue weighted by Gasteiger charge is -2.39. The molecule has 0 radical (unpaired) electrons. The third-order valence-corrected chi connectivity index (χ3v) is 7.95. The minimum Gasteiger partial charge on any atom is -0.404 e. The first-order valence-electron chi connectivity index (χ1n) is 12.5. The zero-order chi connectivity index (χ0) is 27.2. The largest absolute Gasteiger partial charge is 0.404 e. The van der Waals surface area contributed by atoms with E-state index in [1.807, 2.05) is 11.8 Å². The number of nitrogens with zero attached hydrogens (tertiary/aromatic N) is 5. The zero-order valence-electron chi connectivity index (χ0n) is 21.3. The molecule has 1 aromatic carbocycles. The number of piperidine rings is 1. The number of likely N-dealkylation sites (tertiary alicyclic amines) is 1. The molecule has 1 saturated heterocycles. The van der Waals surface area contributed by atoms with Gasteiger partial charge >= 0.3 is 0 Å². The number of carbonyl (C=O) groups is 1. The number of halogens is 2. The van der Waals surface area contributed by atoms with Crippen LogP contribution in [-0.2, 0) is 11.3 Å². The molecule has 200 valence electrons. The second-order valence-corrected chi connectivity index (χ2v) is 10.9. The van der Waals surface area contributed by atoms with Crippen molar-refractivity contribution in [3.63, 3.8) is 0 Å². The van der Waals surface area contributed by atoms with E-state index < -0.39 is 11.4 Å². The van der Waals surface area contributed by atoms with Crippen molar-refractivity contribution in [1.82, 2.24) is 19.0 Å². The van der Waals surface area contributed by atoms with Crippen LogP contribution in [0.2, 0.25) is 5.15 Å². The van der Waals surface area contributed by atoms with E-state index in [1.54, 1.807) is 17.7 Å². The maximum atomic E-state index is 14.6. The fourth-order valence-corrected chi connectivity index (χ4v) is 5.33. The van der Waals surface area contributed by atoms with Gasteiger partial charge in [-0.25, -0.2) is 9.37 Å². The molecular formula is C27H30ClFN6O3. The SMILES string of the molecule is CN=CC(=CN)c1cc(-n2c(Cl)cc3c(=O)n(CC4(O)CCN(C(=O)C5(C)CC5)CC4)cnc32)ccc1F. The van der Waals surface area contributed by atoms with Gasteiger partial charge in [-0.1, -0.05) is 18.5 Å². The molecule has 3 aromatic rings. The molecule has 2 fully saturated rings. The molecule has 1 aliphatic carbocycles. The Morgan fingerprint density at radius 3 is 2.61 bits per heavy atom. The summed E-state index contributed by atoms with van der Waals surface area (Å²) in [6.07, 6.45) is 6.66. The third kappa shape index (κ3) is 4.63. The van der Waals surface area contributed by atoms with Gasteiger partial charge in [0.25, 0.3) is 5.56 Å². The zero-order valence-corrected chi connectivity index (χ0v) is 22.1. The highest BCUT2D eigenvalue weighted by Crippen LogP contribution is 2.47. The van der Waals surface area contributed by atoms with E-state index in [0.29, 0.717) is 42.8 Å². The minimum atomic E-state index is -1.13. The summed E-state index contributed by atoms with van der Waals surface area (Å²) in [4.78, 5) is 36.3. The molecule has 11 heteroatoms. The van der Waals surface area contributed by atoms with Gasteiger partial charge in [-0.2, -0.15) is 0 Å². The number of aliphatic hydroxyl groups is 1. The molecule has 3 heterocycles. The molecule has 0 bridgehead atoms. The highest BCUT2D eigenvalue weighted by molar-refractivity contribution is 6.31. The molecule has 38 heavy (non-hydrogen) atoms. The fourth-order valence-electron chi connectivity index (χ4n) is 5.04. The second kappa shape index (κ2) is 9.67. The van der Waals surface area contributed by atoms with Gasteiger partial charge in [0, 0.05) is 54.8 Å². The smallest absolute Gasteiger partial charge is 0.262 e. The Labute approximate surface area is 224 Å². The Balaban J connectivity index is 1.43. The average Bonchev–Trinajstić information content (AvgIpc) is 3.56. The van der Waals surface area contributed by atoms with Gasteiger partial charge in [0.15, 0.2) is 5.65 Å². The van der Waals surface area contributed by atoms with Gasteiger partial charge in [-0.15, -0.1) is 0 Å². The molecule has 0 spiro atoms. The third-order valence-electron chi connectivity index (χ3n) is 7.67. The average molecular weight is 541 g/mol.